The molecular formula is C12H15NO3. The molecule has 86 valence electrons. The van der Waals surface area contributed by atoms with Crippen molar-refractivity contribution in [1.29, 1.82) is 0 Å². The molecule has 1 aromatic carbocycles. The molecule has 0 aromatic heterocycles. The highest BCUT2D eigenvalue weighted by molar-refractivity contribution is 5.79. The predicted octanol–water partition coefficient (Wildman–Crippen LogP) is 1.58. The Morgan fingerprint density at radius 3 is 2.81 bits per heavy atom. The molecule has 0 amide bonds. The number of aromatic hydroxyl groups is 1. The number of ether oxygens (including phenoxy) is 1. The van der Waals surface area contributed by atoms with Crippen molar-refractivity contribution < 1.29 is 14.6 Å². The molecule has 0 atom stereocenters. The van der Waals surface area contributed by atoms with Gasteiger partial charge in [-0.15, -0.1) is 0 Å². The molecule has 0 spiro atoms. The van der Waals surface area contributed by atoms with Gasteiger partial charge in [-0.25, -0.2) is 0 Å². The molecular weight excluding hydrogens is 206 g/mol. The Hall–Kier alpha value is -1.81. The van der Waals surface area contributed by atoms with Crippen LogP contribution < -0.4 is 10.5 Å². The maximum atomic E-state index is 10.7. The fourth-order valence-electron chi connectivity index (χ4n) is 1.31. The molecule has 0 bridgehead atoms. The van der Waals surface area contributed by atoms with Crippen LogP contribution in [0.1, 0.15) is 22.3 Å². The van der Waals surface area contributed by atoms with Gasteiger partial charge in [0.1, 0.15) is 6.29 Å². The third-order valence-electron chi connectivity index (χ3n) is 2.11. The highest BCUT2D eigenvalue weighted by atomic mass is 16.5. The lowest BCUT2D eigenvalue weighted by Gasteiger charge is -2.07. The largest absolute Gasteiger partial charge is 0.504 e. The molecule has 1 rings (SSSR count). The first kappa shape index (κ1) is 12.3. The number of carbonyl (C=O) groups is 1. The van der Waals surface area contributed by atoms with Gasteiger partial charge in [0.25, 0.3) is 0 Å². The summed E-state index contributed by atoms with van der Waals surface area (Å²) >= 11 is 0. The maximum Gasteiger partial charge on any atom is 0.165 e. The minimum Gasteiger partial charge on any atom is -0.504 e. The first-order valence-electron chi connectivity index (χ1n) is 4.95. The molecule has 0 saturated heterocycles. The van der Waals surface area contributed by atoms with Crippen LogP contribution in [0.4, 0.5) is 0 Å². The van der Waals surface area contributed by atoms with Gasteiger partial charge in [-0.3, -0.25) is 4.79 Å². The van der Waals surface area contributed by atoms with E-state index in [-0.39, 0.29) is 11.5 Å². The number of benzene rings is 1. The smallest absolute Gasteiger partial charge is 0.165 e. The summed E-state index contributed by atoms with van der Waals surface area (Å²) in [6, 6.07) is 3.08. The van der Waals surface area contributed by atoms with Crippen molar-refractivity contribution in [3.8, 4) is 11.5 Å². The van der Waals surface area contributed by atoms with Crippen LogP contribution in [0.3, 0.4) is 0 Å². The Bertz CT molecular complexity index is 399. The van der Waals surface area contributed by atoms with Gasteiger partial charge < -0.3 is 15.6 Å². The van der Waals surface area contributed by atoms with Crippen LogP contribution in [0.5, 0.6) is 11.5 Å². The highest BCUT2D eigenvalue weighted by Crippen LogP contribution is 2.31. The van der Waals surface area contributed by atoms with Crippen LogP contribution in [0, 0.1) is 0 Å². The summed E-state index contributed by atoms with van der Waals surface area (Å²) in [7, 11) is 1.44. The molecule has 0 aliphatic carbocycles. The molecule has 0 radical (unpaired) electrons. The van der Waals surface area contributed by atoms with E-state index >= 15 is 0 Å². The van der Waals surface area contributed by atoms with Gasteiger partial charge in [-0.05, 0) is 25.1 Å². The zero-order valence-corrected chi connectivity index (χ0v) is 9.14. The maximum absolute atomic E-state index is 10.7. The lowest BCUT2D eigenvalue weighted by molar-refractivity contribution is 0.112. The zero-order valence-electron chi connectivity index (χ0n) is 9.14. The van der Waals surface area contributed by atoms with E-state index in [1.54, 1.807) is 12.1 Å². The SMILES string of the molecule is COc1cc(C=O)cc(C=CCCN)c1O. The quantitative estimate of drug-likeness (QED) is 0.740. The van der Waals surface area contributed by atoms with E-state index in [4.69, 9.17) is 10.5 Å². The number of methoxy groups -OCH3 is 1. The summed E-state index contributed by atoms with van der Waals surface area (Å²) in [6.45, 7) is 0.543. The Balaban J connectivity index is 3.10. The van der Waals surface area contributed by atoms with E-state index in [0.717, 1.165) is 0 Å². The minimum absolute atomic E-state index is 0.0290. The number of carbonyl (C=O) groups excluding carboxylic acids is 1. The van der Waals surface area contributed by atoms with Crippen molar-refractivity contribution in [1.82, 2.24) is 0 Å². The Morgan fingerprint density at radius 2 is 2.25 bits per heavy atom. The van der Waals surface area contributed by atoms with Crippen molar-refractivity contribution in [3.63, 3.8) is 0 Å². The van der Waals surface area contributed by atoms with Crippen molar-refractivity contribution in [3.05, 3.63) is 29.3 Å². The standard InChI is InChI=1S/C12H15NO3/c1-16-11-7-9(8-14)6-10(12(11)15)4-2-3-5-13/h2,4,6-8,15H,3,5,13H2,1H3. The Labute approximate surface area is 94.3 Å². The van der Waals surface area contributed by atoms with Crippen molar-refractivity contribution in [2.24, 2.45) is 5.73 Å². The van der Waals surface area contributed by atoms with Gasteiger partial charge in [0.15, 0.2) is 11.5 Å². The zero-order chi connectivity index (χ0) is 12.0. The van der Waals surface area contributed by atoms with E-state index in [2.05, 4.69) is 0 Å². The van der Waals surface area contributed by atoms with Crippen LogP contribution in [-0.4, -0.2) is 25.0 Å². The second kappa shape index (κ2) is 5.92. The summed E-state index contributed by atoms with van der Waals surface area (Å²) in [5, 5.41) is 9.78. The van der Waals surface area contributed by atoms with Gasteiger partial charge in [0, 0.05) is 11.1 Å². The lowest BCUT2D eigenvalue weighted by Crippen LogP contribution is -1.95. The molecule has 4 heteroatoms. The normalized spacial score (nSPS) is 10.6. The van der Waals surface area contributed by atoms with Crippen LogP contribution in [0.25, 0.3) is 6.08 Å². The third kappa shape index (κ3) is 2.84. The van der Waals surface area contributed by atoms with Gasteiger partial charge in [-0.2, -0.15) is 0 Å². The lowest BCUT2D eigenvalue weighted by atomic mass is 10.1. The van der Waals surface area contributed by atoms with Crippen molar-refractivity contribution in [2.45, 2.75) is 6.42 Å². The summed E-state index contributed by atoms with van der Waals surface area (Å²) in [4.78, 5) is 10.7. The van der Waals surface area contributed by atoms with Gasteiger partial charge in [0.05, 0.1) is 7.11 Å². The number of rotatable bonds is 5. The number of nitrogens with two attached hydrogens (primary N) is 1. The summed E-state index contributed by atoms with van der Waals surface area (Å²) in [6.07, 6.45) is 4.98. The number of phenolic OH excluding ortho intramolecular Hbond substituents is 1. The predicted molar refractivity (Wildman–Crippen MR) is 62.8 cm³/mol. The average molecular weight is 221 g/mol. The average Bonchev–Trinajstić information content (AvgIpc) is 2.31. The first-order chi connectivity index (χ1) is 7.72. The molecule has 3 N–H and O–H groups in total. The number of aldehydes is 1. The van der Waals surface area contributed by atoms with E-state index in [1.165, 1.54) is 13.2 Å². The summed E-state index contributed by atoms with van der Waals surface area (Å²) in [5.41, 5.74) is 6.36. The van der Waals surface area contributed by atoms with Crippen LogP contribution >= 0.6 is 0 Å². The molecule has 0 heterocycles. The molecule has 16 heavy (non-hydrogen) atoms. The van der Waals surface area contributed by atoms with E-state index < -0.39 is 0 Å². The van der Waals surface area contributed by atoms with E-state index in [9.17, 15) is 9.90 Å². The molecule has 0 aliphatic heterocycles. The molecule has 0 aliphatic rings. The molecule has 0 fully saturated rings. The molecule has 4 nitrogen and oxygen atoms in total. The van der Waals surface area contributed by atoms with Crippen LogP contribution in [0.15, 0.2) is 18.2 Å². The van der Waals surface area contributed by atoms with Crippen molar-refractivity contribution in [2.75, 3.05) is 13.7 Å². The molecule has 0 saturated carbocycles. The Morgan fingerprint density at radius 1 is 1.50 bits per heavy atom. The van der Waals surface area contributed by atoms with Crippen LogP contribution in [-0.2, 0) is 0 Å². The monoisotopic (exact) mass is 221 g/mol. The second-order valence-corrected chi connectivity index (χ2v) is 3.26. The number of hydrogen-bond acceptors (Lipinski definition) is 4. The molecule has 1 aromatic rings. The van der Waals surface area contributed by atoms with Crippen molar-refractivity contribution >= 4 is 12.4 Å². The second-order valence-electron chi connectivity index (χ2n) is 3.26. The number of hydrogen-bond donors (Lipinski definition) is 2. The fourth-order valence-corrected chi connectivity index (χ4v) is 1.31. The number of phenols is 1. The van der Waals surface area contributed by atoms with E-state index in [1.807, 2.05) is 6.08 Å². The minimum atomic E-state index is 0.0290. The Kier molecular flexibility index (Phi) is 4.54. The third-order valence-corrected chi connectivity index (χ3v) is 2.11. The topological polar surface area (TPSA) is 72.5 Å². The highest BCUT2D eigenvalue weighted by Gasteiger charge is 2.07. The van der Waals surface area contributed by atoms with Gasteiger partial charge >= 0.3 is 0 Å². The van der Waals surface area contributed by atoms with E-state index in [0.29, 0.717) is 30.4 Å². The first-order valence-corrected chi connectivity index (χ1v) is 4.95. The van der Waals surface area contributed by atoms with Gasteiger partial charge in [-0.1, -0.05) is 12.2 Å². The summed E-state index contributed by atoms with van der Waals surface area (Å²) in [5.74, 6) is 0.318. The fraction of sp³-hybridized carbons (Fsp3) is 0.250. The van der Waals surface area contributed by atoms with Crippen LogP contribution in [0.2, 0.25) is 0 Å². The summed E-state index contributed by atoms with van der Waals surface area (Å²) < 4.78 is 4.97. The van der Waals surface area contributed by atoms with Gasteiger partial charge in [0.2, 0.25) is 0 Å². The molecule has 0 unspecified atom stereocenters.